The van der Waals surface area contributed by atoms with Crippen LogP contribution < -0.4 is 0 Å². The quantitative estimate of drug-likeness (QED) is 0.121. The van der Waals surface area contributed by atoms with Crippen molar-refractivity contribution in [2.24, 2.45) is 5.92 Å². The average molecular weight is 885 g/mol. The topological polar surface area (TPSA) is 36.2 Å². The SMILES string of the molecule is CCC(C)COC(=O)CCc1ccccc1-c1ccc2c(c1)c1ccccc1n2-c1ccc2sc3c(-c4cccc(-n5c6ccccc6c6cc(-c7ccccc7)ccc65)c4)cccc3c2c1. The van der Waals surface area contributed by atoms with Crippen molar-refractivity contribution < 1.29 is 9.53 Å². The first-order chi connectivity index (χ1) is 33.0. The van der Waals surface area contributed by atoms with Crippen LogP contribution in [0.25, 0.3) is 109 Å². The van der Waals surface area contributed by atoms with Crippen molar-refractivity contribution in [3.05, 3.63) is 206 Å². The minimum absolute atomic E-state index is 0.136. The van der Waals surface area contributed by atoms with Gasteiger partial charge >= 0.3 is 5.97 Å². The fourth-order valence-corrected chi connectivity index (χ4v) is 11.3. The number of para-hydroxylation sites is 2. The van der Waals surface area contributed by atoms with Gasteiger partial charge in [0, 0.05) is 59.5 Å². The van der Waals surface area contributed by atoms with Gasteiger partial charge in [-0.25, -0.2) is 0 Å². The number of ether oxygens (including phenoxy) is 1. The molecular formula is C62H48N2O2S. The van der Waals surface area contributed by atoms with Gasteiger partial charge in [0.05, 0.1) is 28.7 Å². The number of aryl methyl sites for hydroxylation is 1. The Hall–Kier alpha value is -7.73. The summed E-state index contributed by atoms with van der Waals surface area (Å²) >= 11 is 1.87. The van der Waals surface area contributed by atoms with Crippen molar-refractivity contribution in [2.45, 2.75) is 33.1 Å². The first kappa shape index (κ1) is 40.8. The van der Waals surface area contributed by atoms with Gasteiger partial charge in [0.1, 0.15) is 0 Å². The molecule has 0 aliphatic heterocycles. The van der Waals surface area contributed by atoms with Crippen LogP contribution in [0.2, 0.25) is 0 Å². The second kappa shape index (κ2) is 16.9. The minimum Gasteiger partial charge on any atom is -0.465 e. The van der Waals surface area contributed by atoms with Gasteiger partial charge in [0.15, 0.2) is 0 Å². The predicted molar refractivity (Wildman–Crippen MR) is 283 cm³/mol. The zero-order chi connectivity index (χ0) is 45.0. The molecular weight excluding hydrogens is 837 g/mol. The molecule has 1 unspecified atom stereocenters. The normalized spacial score (nSPS) is 12.3. The molecule has 5 heteroatoms. The summed E-state index contributed by atoms with van der Waals surface area (Å²) in [5.41, 5.74) is 15.3. The van der Waals surface area contributed by atoms with Crippen molar-refractivity contribution in [3.8, 4) is 44.8 Å². The molecule has 0 spiro atoms. The molecule has 12 rings (SSSR count). The Balaban J connectivity index is 0.915. The predicted octanol–water partition coefficient (Wildman–Crippen LogP) is 16.8. The van der Waals surface area contributed by atoms with E-state index in [2.05, 4.69) is 223 Å². The first-order valence-electron chi connectivity index (χ1n) is 23.4. The molecule has 1 atom stereocenters. The van der Waals surface area contributed by atoms with Crippen LogP contribution >= 0.6 is 11.3 Å². The number of benzene rings is 9. The number of carbonyl (C=O) groups is 1. The van der Waals surface area contributed by atoms with Crippen molar-refractivity contribution in [1.29, 1.82) is 0 Å². The zero-order valence-corrected chi connectivity index (χ0v) is 38.4. The second-order valence-electron chi connectivity index (χ2n) is 17.9. The molecule has 0 aliphatic rings. The average Bonchev–Trinajstić information content (AvgIpc) is 4.04. The highest BCUT2D eigenvalue weighted by atomic mass is 32.1. The highest BCUT2D eigenvalue weighted by Crippen LogP contribution is 2.43. The molecule has 9 aromatic carbocycles. The van der Waals surface area contributed by atoms with Crippen molar-refractivity contribution in [2.75, 3.05) is 6.61 Å². The summed E-state index contributed by atoms with van der Waals surface area (Å²) in [6.45, 7) is 4.71. The summed E-state index contributed by atoms with van der Waals surface area (Å²) in [6.07, 6.45) is 1.99. The van der Waals surface area contributed by atoms with Crippen molar-refractivity contribution in [1.82, 2.24) is 9.13 Å². The first-order valence-corrected chi connectivity index (χ1v) is 24.2. The zero-order valence-electron chi connectivity index (χ0n) is 37.6. The van der Waals surface area contributed by atoms with Gasteiger partial charge in [0.25, 0.3) is 0 Å². The standard InChI is InChI=1S/C62H48N2O2S/c1-3-40(2)39-66-61(65)34-29-42-17-7-8-20-48(42)45-28-32-59-54(37-45)51-22-10-12-26-57(51)64(59)47-30-33-60-55(38-47)52-24-14-23-49(62(52)67-60)44-18-13-19-46(35-44)63-56-25-11-9-21-50(56)53-36-43(27-31-58(53)63)41-15-5-4-6-16-41/h4-28,30-33,35-38,40H,3,29,34,39H2,1-2H3. The number of esters is 1. The largest absolute Gasteiger partial charge is 0.465 e. The Morgan fingerprint density at radius 1 is 0.493 bits per heavy atom. The maximum Gasteiger partial charge on any atom is 0.306 e. The summed E-state index contributed by atoms with van der Waals surface area (Å²) in [7, 11) is 0. The molecule has 4 nitrogen and oxygen atoms in total. The van der Waals surface area contributed by atoms with Gasteiger partial charge < -0.3 is 13.9 Å². The third-order valence-electron chi connectivity index (χ3n) is 13.8. The number of nitrogens with zero attached hydrogens (tertiary/aromatic N) is 2. The van der Waals surface area contributed by atoms with Crippen molar-refractivity contribution in [3.63, 3.8) is 0 Å². The van der Waals surface area contributed by atoms with E-state index in [0.717, 1.165) is 40.0 Å². The van der Waals surface area contributed by atoms with E-state index >= 15 is 0 Å². The van der Waals surface area contributed by atoms with Crippen LogP contribution in [-0.4, -0.2) is 21.7 Å². The van der Waals surface area contributed by atoms with Crippen LogP contribution in [0.1, 0.15) is 32.3 Å². The van der Waals surface area contributed by atoms with Gasteiger partial charge in [-0.2, -0.15) is 0 Å². The summed E-state index contributed by atoms with van der Waals surface area (Å²) in [5.74, 6) is 0.233. The van der Waals surface area contributed by atoms with Gasteiger partial charge in [0.2, 0.25) is 0 Å². The van der Waals surface area contributed by atoms with Crippen LogP contribution in [0.5, 0.6) is 0 Å². The Kier molecular flexibility index (Phi) is 10.3. The summed E-state index contributed by atoms with van der Waals surface area (Å²) in [6, 6.07) is 73.1. The molecule has 67 heavy (non-hydrogen) atoms. The highest BCUT2D eigenvalue weighted by Gasteiger charge is 2.19. The molecule has 12 aromatic rings. The molecule has 0 saturated heterocycles. The van der Waals surface area contributed by atoms with E-state index in [1.54, 1.807) is 0 Å². The highest BCUT2D eigenvalue weighted by molar-refractivity contribution is 7.26. The lowest BCUT2D eigenvalue weighted by atomic mass is 9.95. The van der Waals surface area contributed by atoms with E-state index in [4.69, 9.17) is 4.74 Å². The van der Waals surface area contributed by atoms with E-state index in [1.807, 2.05) is 11.3 Å². The molecule has 324 valence electrons. The minimum atomic E-state index is -0.136. The van der Waals surface area contributed by atoms with E-state index < -0.39 is 0 Å². The Morgan fingerprint density at radius 3 is 1.84 bits per heavy atom. The Morgan fingerprint density at radius 2 is 1.07 bits per heavy atom. The number of hydrogen-bond acceptors (Lipinski definition) is 3. The molecule has 0 aliphatic carbocycles. The molecule has 3 aromatic heterocycles. The smallest absolute Gasteiger partial charge is 0.306 e. The van der Waals surface area contributed by atoms with Crippen LogP contribution in [0.4, 0.5) is 0 Å². The van der Waals surface area contributed by atoms with Gasteiger partial charge in [-0.05, 0) is 118 Å². The molecule has 0 radical (unpaired) electrons. The lowest BCUT2D eigenvalue weighted by molar-refractivity contribution is -0.144. The molecule has 0 fully saturated rings. The molecule has 0 bridgehead atoms. The number of rotatable bonds is 11. The monoisotopic (exact) mass is 884 g/mol. The third kappa shape index (κ3) is 7.18. The molecule has 0 N–H and O–H groups in total. The maximum atomic E-state index is 12.7. The maximum absolute atomic E-state index is 12.7. The van der Waals surface area contributed by atoms with Crippen LogP contribution in [0, 0.1) is 5.92 Å². The third-order valence-corrected chi connectivity index (χ3v) is 15.0. The van der Waals surface area contributed by atoms with Gasteiger partial charge in [-0.15, -0.1) is 11.3 Å². The van der Waals surface area contributed by atoms with E-state index in [9.17, 15) is 4.79 Å². The van der Waals surface area contributed by atoms with Crippen LogP contribution in [0.3, 0.4) is 0 Å². The number of thiophene rings is 1. The number of carbonyl (C=O) groups excluding carboxylic acids is 1. The van der Waals surface area contributed by atoms with Crippen molar-refractivity contribution >= 4 is 81.1 Å². The van der Waals surface area contributed by atoms with Crippen LogP contribution in [-0.2, 0) is 16.0 Å². The second-order valence-corrected chi connectivity index (χ2v) is 19.0. The van der Waals surface area contributed by atoms with Gasteiger partial charge in [-0.1, -0.05) is 154 Å². The molecule has 0 saturated carbocycles. The summed E-state index contributed by atoms with van der Waals surface area (Å²) < 4.78 is 13.0. The summed E-state index contributed by atoms with van der Waals surface area (Å²) in [4.78, 5) is 12.7. The Bertz CT molecular complexity index is 3850. The lowest BCUT2D eigenvalue weighted by Gasteiger charge is -2.12. The fraction of sp³-hybridized carbons (Fsp3) is 0.113. The molecule has 3 heterocycles. The molecule has 0 amide bonds. The van der Waals surface area contributed by atoms with E-state index in [-0.39, 0.29) is 5.97 Å². The van der Waals surface area contributed by atoms with E-state index in [0.29, 0.717) is 25.4 Å². The van der Waals surface area contributed by atoms with Gasteiger partial charge in [-0.3, -0.25) is 4.79 Å². The number of hydrogen-bond donors (Lipinski definition) is 0. The summed E-state index contributed by atoms with van der Waals surface area (Å²) in [5, 5.41) is 7.43. The Labute approximate surface area is 393 Å². The number of aromatic nitrogens is 2. The lowest BCUT2D eigenvalue weighted by Crippen LogP contribution is -2.12. The number of fused-ring (bicyclic) bond motifs is 9. The van der Waals surface area contributed by atoms with E-state index in [1.165, 1.54) is 80.5 Å². The fourth-order valence-electron chi connectivity index (χ4n) is 10.1. The van der Waals surface area contributed by atoms with Crippen LogP contribution in [0.15, 0.2) is 200 Å².